The second kappa shape index (κ2) is 5.41. The zero-order valence-corrected chi connectivity index (χ0v) is 12.6. The average molecular weight is 268 g/mol. The number of carboxylic acid groups (broad SMARTS) is 1. The topological polar surface area (TPSA) is 52.6 Å². The molecule has 2 aliphatic rings. The van der Waals surface area contributed by atoms with Crippen molar-refractivity contribution in [3.05, 3.63) is 0 Å². The number of nitrogens with zero attached hydrogens (tertiary/aromatic N) is 1. The summed E-state index contributed by atoms with van der Waals surface area (Å²) >= 11 is 0. The van der Waals surface area contributed by atoms with Gasteiger partial charge in [-0.05, 0) is 59.3 Å². The van der Waals surface area contributed by atoms with E-state index in [2.05, 4.69) is 17.1 Å². The Morgan fingerprint density at radius 2 is 2.11 bits per heavy atom. The number of hydrogen-bond acceptors (Lipinski definition) is 3. The minimum absolute atomic E-state index is 0.184. The summed E-state index contributed by atoms with van der Waals surface area (Å²) in [6, 6.07) is 1.23. The van der Waals surface area contributed by atoms with Gasteiger partial charge in [-0.15, -0.1) is 0 Å². The molecule has 0 amide bonds. The van der Waals surface area contributed by atoms with E-state index in [4.69, 9.17) is 0 Å². The second-order valence-electron chi connectivity index (χ2n) is 7.02. The van der Waals surface area contributed by atoms with Crippen LogP contribution in [0.3, 0.4) is 0 Å². The van der Waals surface area contributed by atoms with Gasteiger partial charge in [0.05, 0.1) is 0 Å². The molecule has 0 aromatic carbocycles. The molecule has 0 aromatic heterocycles. The fourth-order valence-electron chi connectivity index (χ4n) is 4.06. The molecule has 4 atom stereocenters. The molecule has 1 aliphatic carbocycles. The normalized spacial score (nSPS) is 31.6. The van der Waals surface area contributed by atoms with Gasteiger partial charge in [-0.2, -0.15) is 0 Å². The molecule has 2 bridgehead atoms. The van der Waals surface area contributed by atoms with E-state index < -0.39 is 11.5 Å². The number of fused-ring (bicyclic) bond motifs is 2. The number of aliphatic carboxylic acids is 1. The molecule has 0 radical (unpaired) electrons. The van der Waals surface area contributed by atoms with Gasteiger partial charge in [-0.1, -0.05) is 0 Å². The highest BCUT2D eigenvalue weighted by atomic mass is 16.4. The Labute approximate surface area is 116 Å². The highest BCUT2D eigenvalue weighted by Gasteiger charge is 2.43. The molecule has 2 rings (SSSR count). The molecule has 1 heterocycles. The number of piperidine rings is 1. The highest BCUT2D eigenvalue weighted by Crippen LogP contribution is 2.39. The number of nitrogens with one attached hydrogen (secondary N) is 1. The van der Waals surface area contributed by atoms with Crippen molar-refractivity contribution in [2.75, 3.05) is 6.54 Å². The summed E-state index contributed by atoms with van der Waals surface area (Å²) in [7, 11) is 0. The largest absolute Gasteiger partial charge is 0.480 e. The molecular weight excluding hydrogens is 240 g/mol. The van der Waals surface area contributed by atoms with Crippen LogP contribution in [0.25, 0.3) is 0 Å². The third-order valence-electron chi connectivity index (χ3n) is 4.80. The van der Waals surface area contributed by atoms with Crippen molar-refractivity contribution in [3.8, 4) is 0 Å². The second-order valence-corrected chi connectivity index (χ2v) is 7.02. The van der Waals surface area contributed by atoms with Crippen LogP contribution in [0.15, 0.2) is 0 Å². The fraction of sp³-hybridized carbons (Fsp3) is 0.933. The smallest absolute Gasteiger partial charge is 0.323 e. The molecule has 0 spiro atoms. The van der Waals surface area contributed by atoms with Crippen LogP contribution in [0.1, 0.15) is 53.4 Å². The summed E-state index contributed by atoms with van der Waals surface area (Å²) in [5, 5.41) is 12.8. The molecule has 1 saturated heterocycles. The predicted octanol–water partition coefficient (Wildman–Crippen LogP) is 2.09. The van der Waals surface area contributed by atoms with E-state index in [1.165, 1.54) is 25.8 Å². The Bertz CT molecular complexity index is 345. The zero-order chi connectivity index (χ0) is 14.2. The molecule has 4 nitrogen and oxygen atoms in total. The first-order chi connectivity index (χ1) is 8.82. The van der Waals surface area contributed by atoms with E-state index in [-0.39, 0.29) is 6.04 Å². The number of carboxylic acids is 1. The summed E-state index contributed by atoms with van der Waals surface area (Å²) in [6.07, 6.45) is 4.67. The average Bonchev–Trinajstić information content (AvgIpc) is 2.88. The summed E-state index contributed by atoms with van der Waals surface area (Å²) in [5.41, 5.74) is -0.824. The standard InChI is InChI=1S/C15H28N2O2/c1-10(2)16-15(4,14(18)19)8-11(3)17-9-12-5-6-13(17)7-12/h10-13,16H,5-9H2,1-4H3,(H,18,19). The Balaban J connectivity index is 1.99. The van der Waals surface area contributed by atoms with Gasteiger partial charge in [0.2, 0.25) is 0 Å². The van der Waals surface area contributed by atoms with Crippen LogP contribution >= 0.6 is 0 Å². The van der Waals surface area contributed by atoms with E-state index in [9.17, 15) is 9.90 Å². The summed E-state index contributed by atoms with van der Waals surface area (Å²) < 4.78 is 0. The van der Waals surface area contributed by atoms with Gasteiger partial charge in [0.25, 0.3) is 0 Å². The molecule has 4 heteroatoms. The minimum Gasteiger partial charge on any atom is -0.480 e. The molecule has 0 aromatic rings. The van der Waals surface area contributed by atoms with Crippen molar-refractivity contribution < 1.29 is 9.90 Å². The highest BCUT2D eigenvalue weighted by molar-refractivity contribution is 5.78. The lowest BCUT2D eigenvalue weighted by Crippen LogP contribution is -2.56. The Hall–Kier alpha value is -0.610. The van der Waals surface area contributed by atoms with Gasteiger partial charge in [0, 0.05) is 24.7 Å². The van der Waals surface area contributed by atoms with Crippen molar-refractivity contribution >= 4 is 5.97 Å². The minimum atomic E-state index is -0.824. The molecule has 110 valence electrons. The first-order valence-corrected chi connectivity index (χ1v) is 7.58. The lowest BCUT2D eigenvalue weighted by Gasteiger charge is -2.38. The van der Waals surface area contributed by atoms with E-state index >= 15 is 0 Å². The lowest BCUT2D eigenvalue weighted by atomic mass is 9.91. The van der Waals surface area contributed by atoms with Gasteiger partial charge in [0.1, 0.15) is 5.54 Å². The number of likely N-dealkylation sites (tertiary alicyclic amines) is 1. The Kier molecular flexibility index (Phi) is 4.21. The van der Waals surface area contributed by atoms with Crippen molar-refractivity contribution in [2.24, 2.45) is 5.92 Å². The quantitative estimate of drug-likeness (QED) is 0.774. The summed E-state index contributed by atoms with van der Waals surface area (Å²) in [4.78, 5) is 14.1. The molecule has 1 saturated carbocycles. The van der Waals surface area contributed by atoms with E-state index in [0.29, 0.717) is 18.5 Å². The maximum atomic E-state index is 11.6. The van der Waals surface area contributed by atoms with Crippen molar-refractivity contribution in [3.63, 3.8) is 0 Å². The van der Waals surface area contributed by atoms with Gasteiger partial charge >= 0.3 is 5.97 Å². The zero-order valence-electron chi connectivity index (χ0n) is 12.6. The number of hydrogen-bond donors (Lipinski definition) is 2. The van der Waals surface area contributed by atoms with Crippen LogP contribution in [-0.2, 0) is 4.79 Å². The predicted molar refractivity (Wildman–Crippen MR) is 76.2 cm³/mol. The third-order valence-corrected chi connectivity index (χ3v) is 4.80. The van der Waals surface area contributed by atoms with Crippen LogP contribution in [0.2, 0.25) is 0 Å². The van der Waals surface area contributed by atoms with Gasteiger partial charge in [-0.25, -0.2) is 0 Å². The van der Waals surface area contributed by atoms with Crippen LogP contribution < -0.4 is 5.32 Å². The van der Waals surface area contributed by atoms with Crippen molar-refractivity contribution in [2.45, 2.75) is 77.0 Å². The Morgan fingerprint density at radius 3 is 2.53 bits per heavy atom. The Morgan fingerprint density at radius 1 is 1.42 bits per heavy atom. The SMILES string of the molecule is CC(C)NC(C)(CC(C)N1CC2CCC1C2)C(=O)O. The van der Waals surface area contributed by atoms with Crippen LogP contribution in [0, 0.1) is 5.92 Å². The monoisotopic (exact) mass is 268 g/mol. The third kappa shape index (κ3) is 3.11. The molecule has 2 fully saturated rings. The maximum Gasteiger partial charge on any atom is 0.323 e. The first-order valence-electron chi connectivity index (χ1n) is 7.58. The molecule has 1 aliphatic heterocycles. The lowest BCUT2D eigenvalue weighted by molar-refractivity contribution is -0.145. The van der Waals surface area contributed by atoms with Gasteiger partial charge in [0.15, 0.2) is 0 Å². The molecular formula is C15H28N2O2. The fourth-order valence-corrected chi connectivity index (χ4v) is 4.06. The van der Waals surface area contributed by atoms with Crippen molar-refractivity contribution in [1.82, 2.24) is 10.2 Å². The van der Waals surface area contributed by atoms with Gasteiger partial charge < -0.3 is 5.11 Å². The summed E-state index contributed by atoms with van der Waals surface area (Å²) in [6.45, 7) is 9.18. The summed E-state index contributed by atoms with van der Waals surface area (Å²) in [5.74, 6) is 0.124. The molecule has 4 unspecified atom stereocenters. The van der Waals surface area contributed by atoms with Crippen LogP contribution in [0.4, 0.5) is 0 Å². The number of rotatable bonds is 6. The van der Waals surface area contributed by atoms with E-state index in [1.807, 2.05) is 20.8 Å². The number of carbonyl (C=O) groups is 1. The van der Waals surface area contributed by atoms with Crippen LogP contribution in [0.5, 0.6) is 0 Å². The van der Waals surface area contributed by atoms with E-state index in [0.717, 1.165) is 5.92 Å². The molecule has 2 N–H and O–H groups in total. The molecule has 19 heavy (non-hydrogen) atoms. The first kappa shape index (κ1) is 14.8. The maximum absolute atomic E-state index is 11.6. The van der Waals surface area contributed by atoms with Gasteiger partial charge in [-0.3, -0.25) is 15.0 Å². The van der Waals surface area contributed by atoms with E-state index in [1.54, 1.807) is 0 Å². The van der Waals surface area contributed by atoms with Crippen molar-refractivity contribution in [1.29, 1.82) is 0 Å². The van der Waals surface area contributed by atoms with Crippen LogP contribution in [-0.4, -0.2) is 46.2 Å².